The summed E-state index contributed by atoms with van der Waals surface area (Å²) in [7, 11) is 0. The molecule has 0 heterocycles. The van der Waals surface area contributed by atoms with E-state index in [0.29, 0.717) is 17.3 Å². The summed E-state index contributed by atoms with van der Waals surface area (Å²) in [5, 5.41) is 0. The van der Waals surface area contributed by atoms with Crippen LogP contribution in [0.3, 0.4) is 0 Å². The molecular formula is C37H64O2. The molecular weight excluding hydrogens is 476 g/mol. The normalized spacial score (nSPS) is 35.6. The van der Waals surface area contributed by atoms with Crippen molar-refractivity contribution in [1.29, 1.82) is 0 Å². The van der Waals surface area contributed by atoms with Gasteiger partial charge in [0.15, 0.2) is 0 Å². The summed E-state index contributed by atoms with van der Waals surface area (Å²) in [6.07, 6.45) is 32.7. The van der Waals surface area contributed by atoms with E-state index in [1.165, 1.54) is 122 Å². The van der Waals surface area contributed by atoms with E-state index in [1.807, 2.05) is 0 Å². The molecule has 0 bridgehead atoms. The van der Waals surface area contributed by atoms with E-state index in [0.717, 1.165) is 42.9 Å². The number of ether oxygens (including phenoxy) is 1. The summed E-state index contributed by atoms with van der Waals surface area (Å²) in [4.78, 5) is 12.6. The van der Waals surface area contributed by atoms with Crippen molar-refractivity contribution in [2.75, 3.05) is 0 Å². The van der Waals surface area contributed by atoms with Gasteiger partial charge >= 0.3 is 5.97 Å². The Bertz CT molecular complexity index is 784. The van der Waals surface area contributed by atoms with Gasteiger partial charge in [-0.05, 0) is 92.3 Å². The molecule has 0 unspecified atom stereocenters. The molecule has 0 aromatic rings. The van der Waals surface area contributed by atoms with Gasteiger partial charge in [0.1, 0.15) is 6.10 Å². The molecule has 2 nitrogen and oxygen atoms in total. The minimum Gasteiger partial charge on any atom is -0.462 e. The van der Waals surface area contributed by atoms with Crippen molar-refractivity contribution in [3.8, 4) is 0 Å². The van der Waals surface area contributed by atoms with Gasteiger partial charge in [-0.1, -0.05) is 116 Å². The maximum absolute atomic E-state index is 12.6. The predicted octanol–water partition coefficient (Wildman–Crippen LogP) is 11.4. The average Bonchev–Trinajstić information content (AvgIpc) is 3.26. The fourth-order valence-corrected chi connectivity index (χ4v) is 9.95. The predicted molar refractivity (Wildman–Crippen MR) is 166 cm³/mol. The molecule has 0 aliphatic heterocycles. The number of allylic oxidation sites excluding steroid dienone is 1. The Morgan fingerprint density at radius 2 is 1.46 bits per heavy atom. The first-order valence-electron chi connectivity index (χ1n) is 17.8. The number of esters is 1. The van der Waals surface area contributed by atoms with Gasteiger partial charge in [0, 0.05) is 12.8 Å². The lowest BCUT2D eigenvalue weighted by atomic mass is 9.47. The smallest absolute Gasteiger partial charge is 0.306 e. The molecule has 224 valence electrons. The van der Waals surface area contributed by atoms with E-state index in [-0.39, 0.29) is 12.1 Å². The lowest BCUT2D eigenvalue weighted by molar-refractivity contribution is -0.151. The van der Waals surface area contributed by atoms with Crippen molar-refractivity contribution in [3.05, 3.63) is 11.6 Å². The first-order chi connectivity index (χ1) is 18.9. The van der Waals surface area contributed by atoms with Crippen LogP contribution in [0.4, 0.5) is 0 Å². The van der Waals surface area contributed by atoms with Crippen LogP contribution in [0.15, 0.2) is 11.6 Å². The maximum Gasteiger partial charge on any atom is 0.306 e. The van der Waals surface area contributed by atoms with Crippen molar-refractivity contribution in [1.82, 2.24) is 0 Å². The number of hydrogen-bond acceptors (Lipinski definition) is 2. The van der Waals surface area contributed by atoms with Crippen molar-refractivity contribution in [3.63, 3.8) is 0 Å². The first kappa shape index (κ1) is 31.2. The molecule has 3 fully saturated rings. The largest absolute Gasteiger partial charge is 0.462 e. The van der Waals surface area contributed by atoms with Gasteiger partial charge in [0.25, 0.3) is 0 Å². The minimum atomic E-state index is 0.0576. The summed E-state index contributed by atoms with van der Waals surface area (Å²) >= 11 is 0. The Morgan fingerprint density at radius 3 is 2.18 bits per heavy atom. The van der Waals surface area contributed by atoms with Crippen LogP contribution in [0.5, 0.6) is 0 Å². The molecule has 3 saturated carbocycles. The van der Waals surface area contributed by atoms with Gasteiger partial charge in [-0.25, -0.2) is 0 Å². The second-order valence-corrected chi connectivity index (χ2v) is 14.9. The highest BCUT2D eigenvalue weighted by atomic mass is 16.5. The van der Waals surface area contributed by atoms with Crippen molar-refractivity contribution in [2.24, 2.45) is 34.5 Å². The second-order valence-electron chi connectivity index (χ2n) is 14.9. The summed E-state index contributed by atoms with van der Waals surface area (Å²) in [6, 6.07) is 0. The van der Waals surface area contributed by atoms with Crippen LogP contribution in [0.1, 0.15) is 175 Å². The van der Waals surface area contributed by atoms with Gasteiger partial charge in [-0.2, -0.15) is 0 Å². The van der Waals surface area contributed by atoms with Crippen LogP contribution >= 0.6 is 0 Å². The first-order valence-corrected chi connectivity index (χ1v) is 17.8. The van der Waals surface area contributed by atoms with Crippen LogP contribution in [-0.4, -0.2) is 12.1 Å². The van der Waals surface area contributed by atoms with Crippen molar-refractivity contribution >= 4 is 5.97 Å². The number of carbonyl (C=O) groups is 1. The lowest BCUT2D eigenvalue weighted by Gasteiger charge is -2.58. The van der Waals surface area contributed by atoms with Gasteiger partial charge in [-0.15, -0.1) is 0 Å². The highest BCUT2D eigenvalue weighted by molar-refractivity contribution is 5.69. The molecule has 0 amide bonds. The summed E-state index contributed by atoms with van der Waals surface area (Å²) in [5.41, 5.74) is 2.59. The Balaban J connectivity index is 1.24. The highest BCUT2D eigenvalue weighted by Crippen LogP contribution is 2.66. The van der Waals surface area contributed by atoms with Crippen LogP contribution < -0.4 is 0 Å². The Morgan fingerprint density at radius 1 is 0.795 bits per heavy atom. The third-order valence-electron chi connectivity index (χ3n) is 12.4. The molecule has 0 spiro atoms. The van der Waals surface area contributed by atoms with E-state index in [4.69, 9.17) is 4.74 Å². The Kier molecular flexibility index (Phi) is 11.9. The topological polar surface area (TPSA) is 26.3 Å². The molecule has 4 aliphatic rings. The molecule has 7 atom stereocenters. The molecule has 4 rings (SSSR count). The van der Waals surface area contributed by atoms with Crippen LogP contribution in [0.2, 0.25) is 0 Å². The Hall–Kier alpha value is -0.790. The average molecular weight is 541 g/mol. The van der Waals surface area contributed by atoms with E-state index in [9.17, 15) is 4.79 Å². The van der Waals surface area contributed by atoms with Gasteiger partial charge in [0.05, 0.1) is 0 Å². The number of rotatable bonds is 16. The Labute approximate surface area is 242 Å². The molecule has 0 radical (unpaired) electrons. The monoisotopic (exact) mass is 540 g/mol. The second kappa shape index (κ2) is 14.9. The van der Waals surface area contributed by atoms with Crippen LogP contribution in [0, 0.1) is 34.5 Å². The van der Waals surface area contributed by atoms with E-state index < -0.39 is 0 Å². The van der Waals surface area contributed by atoms with Crippen LogP contribution in [-0.2, 0) is 9.53 Å². The van der Waals surface area contributed by atoms with Crippen molar-refractivity contribution in [2.45, 2.75) is 181 Å². The number of unbranched alkanes of at least 4 members (excludes halogenated alkanes) is 11. The third kappa shape index (κ3) is 7.54. The molecule has 0 aromatic heterocycles. The van der Waals surface area contributed by atoms with Gasteiger partial charge < -0.3 is 4.74 Å². The summed E-state index contributed by atoms with van der Waals surface area (Å²) in [6.45, 7) is 9.88. The number of fused-ring (bicyclic) bond motifs is 5. The fraction of sp³-hybridized carbons (Fsp3) is 0.919. The zero-order valence-electron chi connectivity index (χ0n) is 26.5. The standard InChI is InChI=1S/C37H64O2/c1-5-7-9-11-13-15-17-19-35(38)39-31-24-26-37(4)30(28-31)20-22-32-33-23-21-29(18-16-14-12-10-8-6-2)36(33,3)27-25-34(32)37/h20,29,31-34H,5-19,21-28H2,1-4H3/t29-,31+,32+,33-,34-,36-,37+/m1/s1. The summed E-state index contributed by atoms with van der Waals surface area (Å²) < 4.78 is 6.05. The number of hydrogen-bond donors (Lipinski definition) is 0. The van der Waals surface area contributed by atoms with E-state index in [2.05, 4.69) is 33.8 Å². The molecule has 2 heteroatoms. The minimum absolute atomic E-state index is 0.0576. The third-order valence-corrected chi connectivity index (χ3v) is 12.4. The molecule has 39 heavy (non-hydrogen) atoms. The summed E-state index contributed by atoms with van der Waals surface area (Å²) in [5.74, 6) is 3.71. The quantitative estimate of drug-likeness (QED) is 0.110. The van der Waals surface area contributed by atoms with E-state index in [1.54, 1.807) is 5.57 Å². The van der Waals surface area contributed by atoms with Gasteiger partial charge in [-0.3, -0.25) is 4.79 Å². The zero-order chi connectivity index (χ0) is 27.7. The highest BCUT2D eigenvalue weighted by Gasteiger charge is 2.58. The van der Waals surface area contributed by atoms with E-state index >= 15 is 0 Å². The van der Waals surface area contributed by atoms with Crippen LogP contribution in [0.25, 0.3) is 0 Å². The SMILES string of the molecule is CCCCCCCCCC(=O)O[C@H]1CC[C@@]2(C)C(=CC[C@H]3[C@H]4CC[C@@H](CCCCCCCC)[C@@]4(C)CC[C@H]32)C1. The van der Waals surface area contributed by atoms with Gasteiger partial charge in [0.2, 0.25) is 0 Å². The maximum atomic E-state index is 12.6. The molecule has 0 aromatic carbocycles. The lowest BCUT2D eigenvalue weighted by Crippen LogP contribution is -2.50. The number of carbonyl (C=O) groups excluding carboxylic acids is 1. The fourth-order valence-electron chi connectivity index (χ4n) is 9.95. The zero-order valence-corrected chi connectivity index (χ0v) is 26.5. The molecule has 0 N–H and O–H groups in total. The molecule has 4 aliphatic carbocycles. The molecule has 0 saturated heterocycles. The van der Waals surface area contributed by atoms with Crippen molar-refractivity contribution < 1.29 is 9.53 Å².